The van der Waals surface area contributed by atoms with E-state index in [-0.39, 0.29) is 18.1 Å². The van der Waals surface area contributed by atoms with Crippen molar-refractivity contribution in [3.8, 4) is 11.5 Å². The fourth-order valence-corrected chi connectivity index (χ4v) is 5.15. The topological polar surface area (TPSA) is 62.8 Å². The lowest BCUT2D eigenvalue weighted by Gasteiger charge is -2.53. The van der Waals surface area contributed by atoms with Gasteiger partial charge in [-0.05, 0) is 63.7 Å². The molecule has 0 radical (unpaired) electrons. The average molecular weight is 393 g/mol. The van der Waals surface area contributed by atoms with Crippen molar-refractivity contribution in [2.24, 2.45) is 11.3 Å². The first-order valence-corrected chi connectivity index (χ1v) is 10.9. The zero-order valence-electron chi connectivity index (χ0n) is 18.6. The van der Waals surface area contributed by atoms with Crippen LogP contribution in [0.5, 0.6) is 11.5 Å². The lowest BCUT2D eigenvalue weighted by molar-refractivity contribution is -0.0616. The summed E-state index contributed by atoms with van der Waals surface area (Å²) in [4.78, 5) is 0. The number of aryl methyl sites for hydroxylation is 1. The number of benzene rings is 1. The monoisotopic (exact) mass is 392 g/mol. The van der Waals surface area contributed by atoms with Gasteiger partial charge in [0.15, 0.2) is 11.5 Å². The molecule has 28 heavy (non-hydrogen) atoms. The predicted octanol–water partition coefficient (Wildman–Crippen LogP) is 3.17. The van der Waals surface area contributed by atoms with Crippen LogP contribution in [0.1, 0.15) is 51.2 Å². The summed E-state index contributed by atoms with van der Waals surface area (Å²) in [5.41, 5.74) is 2.99. The van der Waals surface area contributed by atoms with Crippen LogP contribution in [-0.2, 0) is 12.8 Å². The van der Waals surface area contributed by atoms with Gasteiger partial charge in [0, 0.05) is 23.6 Å². The third-order valence-corrected chi connectivity index (χ3v) is 6.40. The molecule has 4 atom stereocenters. The Morgan fingerprint density at radius 2 is 1.93 bits per heavy atom. The van der Waals surface area contributed by atoms with Crippen molar-refractivity contribution >= 4 is 0 Å². The number of nitrogens with one attached hydrogen (secondary N) is 2. The van der Waals surface area contributed by atoms with E-state index < -0.39 is 0 Å². The average Bonchev–Trinajstić information content (AvgIpc) is 2.86. The summed E-state index contributed by atoms with van der Waals surface area (Å²) in [6, 6.07) is 4.59. The molecule has 5 nitrogen and oxygen atoms in total. The summed E-state index contributed by atoms with van der Waals surface area (Å²) >= 11 is 0. The van der Waals surface area contributed by atoms with Crippen LogP contribution in [0.3, 0.4) is 0 Å². The van der Waals surface area contributed by atoms with Gasteiger partial charge in [-0.3, -0.25) is 0 Å². The maximum atomic E-state index is 9.18. The highest BCUT2D eigenvalue weighted by molar-refractivity contribution is 5.53. The zero-order chi connectivity index (χ0) is 20.7. The second kappa shape index (κ2) is 10.5. The molecule has 1 fully saturated rings. The van der Waals surface area contributed by atoms with Crippen LogP contribution in [0.2, 0.25) is 0 Å². The largest absolute Gasteiger partial charge is 0.493 e. The van der Waals surface area contributed by atoms with Gasteiger partial charge in [-0.1, -0.05) is 26.8 Å². The Kier molecular flexibility index (Phi) is 8.59. The predicted molar refractivity (Wildman–Crippen MR) is 115 cm³/mol. The number of ether oxygens (including phenoxy) is 2. The molecule has 1 aromatic carbocycles. The van der Waals surface area contributed by atoms with E-state index in [1.54, 1.807) is 7.11 Å². The van der Waals surface area contributed by atoms with Crippen LogP contribution in [0.25, 0.3) is 0 Å². The normalized spacial score (nSPS) is 29.2. The summed E-state index contributed by atoms with van der Waals surface area (Å²) in [5.74, 6) is 2.53. The lowest BCUT2D eigenvalue weighted by Crippen LogP contribution is -2.60. The van der Waals surface area contributed by atoms with Gasteiger partial charge in [0.05, 0.1) is 13.7 Å². The Morgan fingerprint density at radius 1 is 1.21 bits per heavy atom. The summed E-state index contributed by atoms with van der Waals surface area (Å²) in [6.45, 7) is 7.22. The molecular weight excluding hydrogens is 352 g/mol. The number of hydrogen-bond donors (Lipinski definition) is 3. The SMILES string of the molecule is CC.CNC.COc1ccc2c3c1OC1C(NCCO)CCC(CC2)C1(C)C3. The highest BCUT2D eigenvalue weighted by Gasteiger charge is 2.54. The summed E-state index contributed by atoms with van der Waals surface area (Å²) in [7, 11) is 5.47. The van der Waals surface area contributed by atoms with Crippen molar-refractivity contribution in [1.82, 2.24) is 10.6 Å². The highest BCUT2D eigenvalue weighted by Crippen LogP contribution is 2.55. The fourth-order valence-electron chi connectivity index (χ4n) is 5.15. The van der Waals surface area contributed by atoms with Crippen LogP contribution in [0, 0.1) is 11.3 Å². The molecule has 4 rings (SSSR count). The van der Waals surface area contributed by atoms with Crippen LogP contribution >= 0.6 is 0 Å². The van der Waals surface area contributed by atoms with Crippen molar-refractivity contribution in [2.45, 2.75) is 65.0 Å². The van der Waals surface area contributed by atoms with Gasteiger partial charge in [-0.15, -0.1) is 0 Å². The molecule has 3 aliphatic rings. The van der Waals surface area contributed by atoms with Crippen molar-refractivity contribution in [3.63, 3.8) is 0 Å². The molecule has 4 unspecified atom stereocenters. The number of aliphatic hydroxyl groups is 1. The second-order valence-electron chi connectivity index (χ2n) is 8.05. The van der Waals surface area contributed by atoms with Crippen LogP contribution in [-0.4, -0.2) is 51.6 Å². The number of rotatable bonds is 4. The van der Waals surface area contributed by atoms with Crippen LogP contribution in [0.4, 0.5) is 0 Å². The molecular formula is C23H40N2O3. The van der Waals surface area contributed by atoms with Crippen molar-refractivity contribution in [1.29, 1.82) is 0 Å². The van der Waals surface area contributed by atoms with E-state index >= 15 is 0 Å². The van der Waals surface area contributed by atoms with Gasteiger partial charge in [0.1, 0.15) is 6.10 Å². The van der Waals surface area contributed by atoms with E-state index in [9.17, 15) is 5.11 Å². The third kappa shape index (κ3) is 4.32. The zero-order valence-corrected chi connectivity index (χ0v) is 18.6. The van der Waals surface area contributed by atoms with Gasteiger partial charge < -0.3 is 25.2 Å². The molecule has 0 aromatic heterocycles. The smallest absolute Gasteiger partial charge is 0.165 e. The van der Waals surface area contributed by atoms with Gasteiger partial charge in [-0.25, -0.2) is 0 Å². The van der Waals surface area contributed by atoms with E-state index in [1.165, 1.54) is 24.0 Å². The summed E-state index contributed by atoms with van der Waals surface area (Å²) in [6.07, 6.45) is 6.02. The van der Waals surface area contributed by atoms with Gasteiger partial charge in [0.2, 0.25) is 0 Å². The van der Waals surface area contributed by atoms with E-state index in [2.05, 4.69) is 29.7 Å². The highest BCUT2D eigenvalue weighted by atomic mass is 16.5. The number of aliphatic hydroxyl groups excluding tert-OH is 1. The number of hydrogen-bond acceptors (Lipinski definition) is 5. The Hall–Kier alpha value is -1.30. The van der Waals surface area contributed by atoms with Crippen LogP contribution in [0.15, 0.2) is 12.1 Å². The molecule has 1 saturated carbocycles. The van der Waals surface area contributed by atoms with E-state index in [0.29, 0.717) is 18.5 Å². The molecule has 2 aliphatic carbocycles. The standard InChI is InChI=1S/C19H27NO3.C2H7N.C2H6/c1-19-11-14-12-3-5-13(19)6-7-15(20-9-10-21)18(19)23-17(14)16(22-2)8-4-12;1-3-2;1-2/h4,8,13,15,18,20-21H,3,5-7,9-11H2,1-2H3;3H,1-2H3;1-2H3. The number of methoxy groups -OCH3 is 1. The Morgan fingerprint density at radius 3 is 2.57 bits per heavy atom. The fraction of sp³-hybridized carbons (Fsp3) is 0.739. The molecule has 160 valence electrons. The first kappa shape index (κ1) is 23.0. The molecule has 0 spiro atoms. The summed E-state index contributed by atoms with van der Waals surface area (Å²) < 4.78 is 12.2. The quantitative estimate of drug-likeness (QED) is 0.735. The van der Waals surface area contributed by atoms with Gasteiger partial charge in [0.25, 0.3) is 0 Å². The minimum Gasteiger partial charge on any atom is -0.493 e. The van der Waals surface area contributed by atoms with Gasteiger partial charge >= 0.3 is 0 Å². The Bertz CT molecular complexity index is 622. The molecule has 1 aromatic rings. The molecule has 0 amide bonds. The maximum absolute atomic E-state index is 9.18. The molecule has 0 saturated heterocycles. The molecule has 1 aliphatic heterocycles. The molecule has 3 N–H and O–H groups in total. The molecule has 5 heteroatoms. The van der Waals surface area contributed by atoms with E-state index in [1.807, 2.05) is 27.9 Å². The molecule has 2 bridgehead atoms. The summed E-state index contributed by atoms with van der Waals surface area (Å²) in [5, 5.41) is 15.4. The molecule has 1 heterocycles. The lowest BCUT2D eigenvalue weighted by atomic mass is 9.60. The van der Waals surface area contributed by atoms with E-state index in [4.69, 9.17) is 9.47 Å². The van der Waals surface area contributed by atoms with Crippen molar-refractivity contribution in [3.05, 3.63) is 23.3 Å². The minimum atomic E-state index is 0.155. The Labute approximate surface area is 171 Å². The second-order valence-corrected chi connectivity index (χ2v) is 8.05. The maximum Gasteiger partial charge on any atom is 0.165 e. The first-order valence-electron chi connectivity index (χ1n) is 10.9. The minimum absolute atomic E-state index is 0.155. The van der Waals surface area contributed by atoms with Gasteiger partial charge in [-0.2, -0.15) is 0 Å². The third-order valence-electron chi connectivity index (χ3n) is 6.40. The first-order chi connectivity index (χ1) is 13.6. The van der Waals surface area contributed by atoms with Crippen molar-refractivity contribution < 1.29 is 14.6 Å². The Balaban J connectivity index is 0.000000514. The van der Waals surface area contributed by atoms with E-state index in [0.717, 1.165) is 30.8 Å². The van der Waals surface area contributed by atoms with Crippen LogP contribution < -0.4 is 20.1 Å². The van der Waals surface area contributed by atoms with Crippen molar-refractivity contribution in [2.75, 3.05) is 34.4 Å².